The Hall–Kier alpha value is -2.21. The first kappa shape index (κ1) is 16.2. The molecule has 118 valence electrons. The van der Waals surface area contributed by atoms with Gasteiger partial charge in [0.15, 0.2) is 5.69 Å². The number of primary amides is 1. The van der Waals surface area contributed by atoms with Crippen molar-refractivity contribution in [2.75, 3.05) is 6.61 Å². The molecule has 8 heteroatoms. The van der Waals surface area contributed by atoms with Crippen LogP contribution in [0.25, 0.3) is 0 Å². The van der Waals surface area contributed by atoms with E-state index in [0.29, 0.717) is 12.1 Å². The summed E-state index contributed by atoms with van der Waals surface area (Å²) in [5.41, 5.74) is 5.65. The van der Waals surface area contributed by atoms with Gasteiger partial charge in [0, 0.05) is 6.42 Å². The molecular formula is C14H18N4O4. The fourth-order valence-corrected chi connectivity index (χ4v) is 2.58. The Labute approximate surface area is 127 Å². The molecule has 1 amide bonds. The number of aromatic nitrogens is 2. The van der Waals surface area contributed by atoms with Crippen molar-refractivity contribution >= 4 is 5.91 Å². The Morgan fingerprint density at radius 2 is 2.50 bits per heavy atom. The van der Waals surface area contributed by atoms with E-state index in [1.165, 1.54) is 10.9 Å². The summed E-state index contributed by atoms with van der Waals surface area (Å²) >= 11 is 0. The maximum atomic E-state index is 11.5. The van der Waals surface area contributed by atoms with Crippen LogP contribution in [0.3, 0.4) is 0 Å². The molecule has 1 fully saturated rings. The third-order valence-electron chi connectivity index (χ3n) is 3.65. The van der Waals surface area contributed by atoms with Gasteiger partial charge >= 0.3 is 0 Å². The normalized spacial score (nSPS) is 25.6. The molecule has 0 radical (unpaired) electrons. The molecule has 0 aromatic carbocycles. The number of hydrogen-bond donors (Lipinski definition) is 3. The van der Waals surface area contributed by atoms with Gasteiger partial charge in [0.25, 0.3) is 5.91 Å². The lowest BCUT2D eigenvalue weighted by molar-refractivity contribution is -0.0452. The number of imidazole rings is 1. The number of aliphatic hydroxyl groups excluding tert-OH is 2. The van der Waals surface area contributed by atoms with Crippen LogP contribution in [0.1, 0.15) is 41.2 Å². The SMILES string of the molecule is C=CCC(C#N)c1c(C(N)=O)ncn1[C@H]1C[C@H](O)[C@@H](CO)O1. The monoisotopic (exact) mass is 306 g/mol. The van der Waals surface area contributed by atoms with Gasteiger partial charge in [-0.2, -0.15) is 5.26 Å². The van der Waals surface area contributed by atoms with Gasteiger partial charge in [0.05, 0.1) is 36.7 Å². The van der Waals surface area contributed by atoms with Gasteiger partial charge < -0.3 is 25.3 Å². The molecule has 2 heterocycles. The number of nitrogens with zero attached hydrogens (tertiary/aromatic N) is 3. The van der Waals surface area contributed by atoms with E-state index in [4.69, 9.17) is 15.6 Å². The highest BCUT2D eigenvalue weighted by atomic mass is 16.5. The van der Waals surface area contributed by atoms with Crippen molar-refractivity contribution in [3.8, 4) is 6.07 Å². The van der Waals surface area contributed by atoms with Crippen LogP contribution in [0.2, 0.25) is 0 Å². The van der Waals surface area contributed by atoms with E-state index in [2.05, 4.69) is 17.6 Å². The second-order valence-electron chi connectivity index (χ2n) is 5.07. The van der Waals surface area contributed by atoms with Gasteiger partial charge in [0.2, 0.25) is 0 Å². The zero-order valence-electron chi connectivity index (χ0n) is 11.9. The molecule has 22 heavy (non-hydrogen) atoms. The Morgan fingerprint density at radius 1 is 1.77 bits per heavy atom. The number of carbonyl (C=O) groups is 1. The van der Waals surface area contributed by atoms with Gasteiger partial charge in [-0.3, -0.25) is 4.79 Å². The number of carbonyl (C=O) groups excluding carboxylic acids is 1. The van der Waals surface area contributed by atoms with Crippen LogP contribution < -0.4 is 5.73 Å². The average molecular weight is 306 g/mol. The first-order chi connectivity index (χ1) is 10.5. The van der Waals surface area contributed by atoms with Crippen LogP contribution in [-0.4, -0.2) is 44.5 Å². The summed E-state index contributed by atoms with van der Waals surface area (Å²) in [6, 6.07) is 2.09. The number of hydrogen-bond acceptors (Lipinski definition) is 6. The molecule has 0 spiro atoms. The molecule has 0 saturated carbocycles. The molecule has 2 rings (SSSR count). The van der Waals surface area contributed by atoms with Crippen LogP contribution in [0.5, 0.6) is 0 Å². The fourth-order valence-electron chi connectivity index (χ4n) is 2.58. The van der Waals surface area contributed by atoms with Crippen LogP contribution >= 0.6 is 0 Å². The lowest BCUT2D eigenvalue weighted by atomic mass is 10.0. The summed E-state index contributed by atoms with van der Waals surface area (Å²) in [4.78, 5) is 15.5. The number of rotatable bonds is 6. The van der Waals surface area contributed by atoms with Crippen molar-refractivity contribution in [1.82, 2.24) is 9.55 Å². The van der Waals surface area contributed by atoms with Gasteiger partial charge in [-0.25, -0.2) is 4.98 Å². The lowest BCUT2D eigenvalue weighted by Crippen LogP contribution is -2.24. The minimum Gasteiger partial charge on any atom is -0.394 e. The fraction of sp³-hybridized carbons (Fsp3) is 0.500. The molecule has 4 N–H and O–H groups in total. The molecule has 0 bridgehead atoms. The number of amides is 1. The smallest absolute Gasteiger partial charge is 0.269 e. The topological polar surface area (TPSA) is 134 Å². The predicted molar refractivity (Wildman–Crippen MR) is 75.5 cm³/mol. The standard InChI is InChI=1S/C14H18N4O4/c1-2-3-8(5-15)13-12(14(16)21)17-7-18(13)11-4-9(20)10(6-19)22-11/h2,7-11,19-20H,1,3-4,6H2,(H2,16,21)/t8?,9-,10+,11+/m0/s1. The van der Waals surface area contributed by atoms with Crippen molar-refractivity contribution in [2.45, 2.75) is 37.2 Å². The van der Waals surface area contributed by atoms with E-state index in [1.807, 2.05) is 0 Å². The number of nitrogens with two attached hydrogens (primary N) is 1. The van der Waals surface area contributed by atoms with Crippen molar-refractivity contribution in [3.63, 3.8) is 0 Å². The Bertz CT molecular complexity index is 606. The van der Waals surface area contributed by atoms with E-state index in [1.54, 1.807) is 6.08 Å². The summed E-state index contributed by atoms with van der Waals surface area (Å²) in [5, 5.41) is 28.3. The minimum atomic E-state index is -0.831. The second-order valence-corrected chi connectivity index (χ2v) is 5.07. The maximum Gasteiger partial charge on any atom is 0.269 e. The molecule has 4 atom stereocenters. The quantitative estimate of drug-likeness (QED) is 0.623. The second kappa shape index (κ2) is 6.70. The van der Waals surface area contributed by atoms with Crippen molar-refractivity contribution in [3.05, 3.63) is 30.4 Å². The van der Waals surface area contributed by atoms with Gasteiger partial charge in [-0.1, -0.05) is 6.08 Å². The average Bonchev–Trinajstić information content (AvgIpc) is 3.07. The van der Waals surface area contributed by atoms with Gasteiger partial charge in [-0.15, -0.1) is 6.58 Å². The van der Waals surface area contributed by atoms with Crippen LogP contribution in [0.15, 0.2) is 19.0 Å². The van der Waals surface area contributed by atoms with Crippen LogP contribution in [0.4, 0.5) is 0 Å². The summed E-state index contributed by atoms with van der Waals surface area (Å²) in [6.07, 6.45) is 1.31. The number of nitriles is 1. The van der Waals surface area contributed by atoms with Gasteiger partial charge in [0.1, 0.15) is 12.3 Å². The van der Waals surface area contributed by atoms with E-state index in [0.717, 1.165) is 0 Å². The summed E-state index contributed by atoms with van der Waals surface area (Å²) in [5.74, 6) is -1.40. The molecule has 1 aliphatic heterocycles. The van der Waals surface area contributed by atoms with Crippen LogP contribution in [0, 0.1) is 11.3 Å². The molecule has 1 aliphatic rings. The maximum absolute atomic E-state index is 11.5. The summed E-state index contributed by atoms with van der Waals surface area (Å²) in [7, 11) is 0. The zero-order chi connectivity index (χ0) is 16.3. The van der Waals surface area contributed by atoms with E-state index in [9.17, 15) is 15.2 Å². The Kier molecular flexibility index (Phi) is 4.92. The van der Waals surface area contributed by atoms with Crippen molar-refractivity contribution in [1.29, 1.82) is 5.26 Å². The highest BCUT2D eigenvalue weighted by Gasteiger charge is 2.37. The third kappa shape index (κ3) is 2.87. The van der Waals surface area contributed by atoms with Crippen molar-refractivity contribution in [2.24, 2.45) is 5.73 Å². The highest BCUT2D eigenvalue weighted by Crippen LogP contribution is 2.33. The third-order valence-corrected chi connectivity index (χ3v) is 3.65. The summed E-state index contributed by atoms with van der Waals surface area (Å²) < 4.78 is 7.08. The van der Waals surface area contributed by atoms with Gasteiger partial charge in [-0.05, 0) is 6.42 Å². The minimum absolute atomic E-state index is 0.000983. The molecule has 1 saturated heterocycles. The molecular weight excluding hydrogens is 288 g/mol. The van der Waals surface area contributed by atoms with Crippen LogP contribution in [-0.2, 0) is 4.74 Å². The molecule has 1 aromatic heterocycles. The highest BCUT2D eigenvalue weighted by molar-refractivity contribution is 5.92. The molecule has 8 nitrogen and oxygen atoms in total. The first-order valence-corrected chi connectivity index (χ1v) is 6.84. The Morgan fingerprint density at radius 3 is 3.00 bits per heavy atom. The molecule has 0 aliphatic carbocycles. The van der Waals surface area contributed by atoms with E-state index >= 15 is 0 Å². The number of aliphatic hydroxyl groups is 2. The Balaban J connectivity index is 2.42. The first-order valence-electron chi connectivity index (χ1n) is 6.84. The largest absolute Gasteiger partial charge is 0.394 e. The number of allylic oxidation sites excluding steroid dienone is 1. The predicted octanol–water partition coefficient (Wildman–Crippen LogP) is -0.194. The van der Waals surface area contributed by atoms with E-state index in [-0.39, 0.29) is 18.7 Å². The summed E-state index contributed by atoms with van der Waals surface area (Å²) in [6.45, 7) is 3.28. The molecule has 1 aromatic rings. The van der Waals surface area contributed by atoms with E-state index < -0.39 is 30.3 Å². The van der Waals surface area contributed by atoms with Crippen molar-refractivity contribution < 1.29 is 19.7 Å². The number of ether oxygens (including phenoxy) is 1. The zero-order valence-corrected chi connectivity index (χ0v) is 11.9. The molecule has 1 unspecified atom stereocenters. The lowest BCUT2D eigenvalue weighted by Gasteiger charge is -2.18.